The van der Waals surface area contributed by atoms with E-state index in [0.717, 1.165) is 0 Å². The van der Waals surface area contributed by atoms with E-state index in [-0.39, 0.29) is 0 Å². The summed E-state index contributed by atoms with van der Waals surface area (Å²) in [4.78, 5) is 0. The third kappa shape index (κ3) is 8.99. The van der Waals surface area contributed by atoms with Gasteiger partial charge in [0.2, 0.25) is 0 Å². The molecule has 17 heavy (non-hydrogen) atoms. The van der Waals surface area contributed by atoms with Crippen molar-refractivity contribution in [1.29, 1.82) is 0 Å². The number of rotatable bonds is 0. The molecule has 0 unspecified atom stereocenters. The van der Waals surface area contributed by atoms with Gasteiger partial charge >= 0.3 is 0 Å². The first-order valence-electron chi connectivity index (χ1n) is 7.93. The van der Waals surface area contributed by atoms with Gasteiger partial charge in [0.05, 0.1) is 0 Å². The van der Waals surface area contributed by atoms with Crippen LogP contribution in [0.2, 0.25) is 0 Å². The van der Waals surface area contributed by atoms with Crippen LogP contribution in [0.25, 0.3) is 0 Å². The van der Waals surface area contributed by atoms with E-state index in [1.807, 2.05) is 0 Å². The second-order valence-corrected chi connectivity index (χ2v) is 7.32. The zero-order chi connectivity index (χ0) is 12.4. The highest BCUT2D eigenvalue weighted by molar-refractivity contribution is 7.81. The molecule has 0 amide bonds. The van der Waals surface area contributed by atoms with Gasteiger partial charge in [-0.3, -0.25) is 0 Å². The van der Waals surface area contributed by atoms with Crippen LogP contribution in [0.15, 0.2) is 0 Å². The predicted octanol–water partition coefficient (Wildman–Crippen LogP) is 6.15. The van der Waals surface area contributed by atoms with Gasteiger partial charge < -0.3 is 0 Å². The molecule has 0 spiro atoms. The van der Waals surface area contributed by atoms with Gasteiger partial charge in [-0.2, -0.15) is 12.6 Å². The Kier molecular flexibility index (Phi) is 8.43. The molecule has 0 radical (unpaired) electrons. The smallest absolute Gasteiger partial charge is 0.0101 e. The molecule has 1 fully saturated rings. The number of hydrogen-bond donors (Lipinski definition) is 1. The molecular formula is C16H32S. The molecule has 0 aromatic carbocycles. The Morgan fingerprint density at radius 2 is 0.765 bits per heavy atom. The maximum Gasteiger partial charge on any atom is 0.0101 e. The van der Waals surface area contributed by atoms with Crippen LogP contribution in [0.1, 0.15) is 96.8 Å². The lowest BCUT2D eigenvalue weighted by molar-refractivity contribution is 0.474. The van der Waals surface area contributed by atoms with Gasteiger partial charge in [-0.25, -0.2) is 0 Å². The van der Waals surface area contributed by atoms with Crippen LogP contribution < -0.4 is 0 Å². The highest BCUT2D eigenvalue weighted by Crippen LogP contribution is 2.29. The SMILES string of the molecule is CC1(S)CCCCCCCCCCCCCC1. The molecular weight excluding hydrogens is 224 g/mol. The maximum atomic E-state index is 4.85. The summed E-state index contributed by atoms with van der Waals surface area (Å²) in [6.07, 6.45) is 20.0. The molecule has 1 heteroatoms. The molecule has 0 bridgehead atoms. The van der Waals surface area contributed by atoms with E-state index in [1.54, 1.807) is 0 Å². The first kappa shape index (κ1) is 15.4. The van der Waals surface area contributed by atoms with Crippen LogP contribution in [0.3, 0.4) is 0 Å². The van der Waals surface area contributed by atoms with Crippen molar-refractivity contribution in [3.8, 4) is 0 Å². The van der Waals surface area contributed by atoms with Crippen LogP contribution in [-0.2, 0) is 0 Å². The van der Waals surface area contributed by atoms with Crippen molar-refractivity contribution in [3.63, 3.8) is 0 Å². The molecule has 0 nitrogen and oxygen atoms in total. The van der Waals surface area contributed by atoms with Gasteiger partial charge in [-0.05, 0) is 12.8 Å². The quantitative estimate of drug-likeness (QED) is 0.494. The Bertz CT molecular complexity index is 156. The highest BCUT2D eigenvalue weighted by Gasteiger charge is 2.17. The summed E-state index contributed by atoms with van der Waals surface area (Å²) >= 11 is 4.85. The molecule has 1 aliphatic rings. The topological polar surface area (TPSA) is 0 Å². The number of hydrogen-bond acceptors (Lipinski definition) is 1. The Morgan fingerprint density at radius 1 is 0.529 bits per heavy atom. The van der Waals surface area contributed by atoms with Gasteiger partial charge in [-0.1, -0.05) is 84.0 Å². The standard InChI is InChI=1S/C16H32S/c1-16(17)14-12-10-8-6-4-2-3-5-7-9-11-13-15-16/h17H,2-15H2,1H3. The summed E-state index contributed by atoms with van der Waals surface area (Å²) in [6.45, 7) is 2.34. The summed E-state index contributed by atoms with van der Waals surface area (Å²) in [7, 11) is 0. The van der Waals surface area contributed by atoms with Crippen molar-refractivity contribution in [2.45, 2.75) is 102 Å². The lowest BCUT2D eigenvalue weighted by atomic mass is 9.95. The fraction of sp³-hybridized carbons (Fsp3) is 1.00. The second kappa shape index (κ2) is 9.30. The van der Waals surface area contributed by atoms with Crippen LogP contribution in [0, 0.1) is 0 Å². The van der Waals surface area contributed by atoms with Crippen LogP contribution in [0.5, 0.6) is 0 Å². The molecule has 0 N–H and O–H groups in total. The van der Waals surface area contributed by atoms with Gasteiger partial charge in [0, 0.05) is 4.75 Å². The minimum absolute atomic E-state index is 0.306. The molecule has 0 aliphatic heterocycles. The molecule has 0 aromatic rings. The molecule has 1 saturated carbocycles. The largest absolute Gasteiger partial charge is 0.173 e. The Morgan fingerprint density at radius 3 is 1.06 bits per heavy atom. The van der Waals surface area contributed by atoms with Crippen molar-refractivity contribution < 1.29 is 0 Å². The zero-order valence-electron chi connectivity index (χ0n) is 11.8. The maximum absolute atomic E-state index is 4.85. The van der Waals surface area contributed by atoms with Gasteiger partial charge in [-0.15, -0.1) is 0 Å². The third-order valence-electron chi connectivity index (χ3n) is 4.18. The van der Waals surface area contributed by atoms with E-state index < -0.39 is 0 Å². The monoisotopic (exact) mass is 256 g/mol. The predicted molar refractivity (Wildman–Crippen MR) is 82.0 cm³/mol. The second-order valence-electron chi connectivity index (χ2n) is 6.24. The summed E-state index contributed by atoms with van der Waals surface area (Å²) in [6, 6.07) is 0. The molecule has 1 aliphatic carbocycles. The van der Waals surface area contributed by atoms with Crippen molar-refractivity contribution >= 4 is 12.6 Å². The van der Waals surface area contributed by atoms with Gasteiger partial charge in [0.1, 0.15) is 0 Å². The van der Waals surface area contributed by atoms with Crippen molar-refractivity contribution in [2.24, 2.45) is 0 Å². The molecule has 102 valence electrons. The molecule has 0 heterocycles. The minimum Gasteiger partial charge on any atom is -0.173 e. The van der Waals surface area contributed by atoms with Crippen LogP contribution in [-0.4, -0.2) is 4.75 Å². The summed E-state index contributed by atoms with van der Waals surface area (Å²) in [5.74, 6) is 0. The lowest BCUT2D eigenvalue weighted by Crippen LogP contribution is -2.16. The van der Waals surface area contributed by atoms with Crippen molar-refractivity contribution in [2.75, 3.05) is 0 Å². The fourth-order valence-electron chi connectivity index (χ4n) is 2.90. The van der Waals surface area contributed by atoms with E-state index in [4.69, 9.17) is 12.6 Å². The Balaban J connectivity index is 2.22. The van der Waals surface area contributed by atoms with E-state index in [0.29, 0.717) is 4.75 Å². The lowest BCUT2D eigenvalue weighted by Gasteiger charge is -2.23. The third-order valence-corrected chi connectivity index (χ3v) is 4.63. The first-order chi connectivity index (χ1) is 8.21. The zero-order valence-corrected chi connectivity index (χ0v) is 12.7. The van der Waals surface area contributed by atoms with E-state index >= 15 is 0 Å². The van der Waals surface area contributed by atoms with Gasteiger partial charge in [0.15, 0.2) is 0 Å². The summed E-state index contributed by atoms with van der Waals surface area (Å²) in [5.41, 5.74) is 0. The van der Waals surface area contributed by atoms with E-state index in [1.165, 1.54) is 89.9 Å². The van der Waals surface area contributed by atoms with Crippen LogP contribution in [0.4, 0.5) is 0 Å². The van der Waals surface area contributed by atoms with E-state index in [2.05, 4.69) is 6.92 Å². The molecule has 0 atom stereocenters. The number of thiol groups is 1. The van der Waals surface area contributed by atoms with Crippen molar-refractivity contribution in [1.82, 2.24) is 0 Å². The summed E-state index contributed by atoms with van der Waals surface area (Å²) < 4.78 is 0.306. The van der Waals surface area contributed by atoms with Crippen LogP contribution >= 0.6 is 12.6 Å². The average Bonchev–Trinajstić information content (AvgIpc) is 2.29. The van der Waals surface area contributed by atoms with Gasteiger partial charge in [0.25, 0.3) is 0 Å². The average molecular weight is 256 g/mol. The summed E-state index contributed by atoms with van der Waals surface area (Å²) in [5, 5.41) is 0. The highest BCUT2D eigenvalue weighted by atomic mass is 32.1. The Labute approximate surface area is 114 Å². The molecule has 0 saturated heterocycles. The first-order valence-corrected chi connectivity index (χ1v) is 8.38. The normalized spacial score (nSPS) is 25.8. The fourth-order valence-corrected chi connectivity index (χ4v) is 3.22. The molecule has 1 rings (SSSR count). The molecule has 0 aromatic heterocycles. The Hall–Kier alpha value is 0.350. The van der Waals surface area contributed by atoms with Crippen molar-refractivity contribution in [3.05, 3.63) is 0 Å². The van der Waals surface area contributed by atoms with E-state index in [9.17, 15) is 0 Å². The minimum atomic E-state index is 0.306.